The quantitative estimate of drug-likeness (QED) is 0.726. The largest absolute Gasteiger partial charge is 0.314 e. The van der Waals surface area contributed by atoms with Gasteiger partial charge < -0.3 is 5.32 Å². The molecule has 0 heterocycles. The maximum Gasteiger partial charge on any atom is 0.00675 e. The molecule has 0 aliphatic heterocycles. The minimum Gasteiger partial charge on any atom is -0.314 e. The van der Waals surface area contributed by atoms with Gasteiger partial charge in [0.2, 0.25) is 0 Å². The molecule has 3 saturated carbocycles. The molecule has 0 bridgehead atoms. The second kappa shape index (κ2) is 3.52. The van der Waals surface area contributed by atoms with Gasteiger partial charge >= 0.3 is 0 Å². The van der Waals surface area contributed by atoms with Gasteiger partial charge in [0, 0.05) is 6.04 Å². The molecule has 0 amide bonds. The highest BCUT2D eigenvalue weighted by molar-refractivity contribution is 4.97. The fraction of sp³-hybridized carbons (Fsp3) is 1.00. The van der Waals surface area contributed by atoms with Gasteiger partial charge in [-0.3, -0.25) is 0 Å². The molecule has 0 aromatic heterocycles. The fourth-order valence-corrected chi connectivity index (χ4v) is 3.14. The van der Waals surface area contributed by atoms with Crippen LogP contribution in [-0.4, -0.2) is 12.6 Å². The molecule has 3 aliphatic carbocycles. The van der Waals surface area contributed by atoms with E-state index in [4.69, 9.17) is 0 Å². The summed E-state index contributed by atoms with van der Waals surface area (Å²) in [6.07, 6.45) is 13.5. The average Bonchev–Trinajstić information content (AvgIpc) is 2.87. The first kappa shape index (κ1) is 9.21. The first-order chi connectivity index (χ1) is 6.86. The molecule has 0 aromatic carbocycles. The summed E-state index contributed by atoms with van der Waals surface area (Å²) in [7, 11) is 0. The van der Waals surface area contributed by atoms with Crippen LogP contribution in [0, 0.1) is 11.3 Å². The third kappa shape index (κ3) is 1.84. The van der Waals surface area contributed by atoms with E-state index in [9.17, 15) is 0 Å². The summed E-state index contributed by atoms with van der Waals surface area (Å²) in [5, 5.41) is 3.79. The van der Waals surface area contributed by atoms with Gasteiger partial charge in [-0.2, -0.15) is 0 Å². The average molecular weight is 193 g/mol. The van der Waals surface area contributed by atoms with E-state index in [0.29, 0.717) is 0 Å². The molecule has 0 atom stereocenters. The van der Waals surface area contributed by atoms with Crippen LogP contribution >= 0.6 is 0 Å². The Hall–Kier alpha value is -0.0400. The van der Waals surface area contributed by atoms with Crippen molar-refractivity contribution in [2.24, 2.45) is 11.3 Å². The van der Waals surface area contributed by atoms with Crippen LogP contribution in [0.4, 0.5) is 0 Å². The van der Waals surface area contributed by atoms with Crippen molar-refractivity contribution < 1.29 is 0 Å². The normalized spacial score (nSPS) is 31.7. The van der Waals surface area contributed by atoms with Crippen LogP contribution in [-0.2, 0) is 0 Å². The molecule has 0 saturated heterocycles. The summed E-state index contributed by atoms with van der Waals surface area (Å²) in [5.74, 6) is 1.03. The zero-order valence-corrected chi connectivity index (χ0v) is 9.23. The highest BCUT2D eigenvalue weighted by atomic mass is 14.9. The first-order valence-electron chi connectivity index (χ1n) is 6.60. The zero-order valence-electron chi connectivity index (χ0n) is 9.23. The van der Waals surface area contributed by atoms with E-state index in [0.717, 1.165) is 17.4 Å². The Kier molecular flexibility index (Phi) is 2.31. The molecule has 0 unspecified atom stereocenters. The molecule has 80 valence electrons. The van der Waals surface area contributed by atoms with Gasteiger partial charge in [0.15, 0.2) is 0 Å². The van der Waals surface area contributed by atoms with Gasteiger partial charge in [0.05, 0.1) is 0 Å². The Morgan fingerprint density at radius 2 is 1.64 bits per heavy atom. The summed E-state index contributed by atoms with van der Waals surface area (Å²) in [6, 6.07) is 0.877. The fourth-order valence-electron chi connectivity index (χ4n) is 3.14. The standard InChI is InChI=1S/C13H23N/c1-2-11(3-1)10-14-12-4-6-13(7-5-12)8-9-13/h11-12,14H,1-10H2. The van der Waals surface area contributed by atoms with Crippen molar-refractivity contribution in [2.45, 2.75) is 63.8 Å². The van der Waals surface area contributed by atoms with Crippen molar-refractivity contribution >= 4 is 0 Å². The monoisotopic (exact) mass is 193 g/mol. The Bertz CT molecular complexity index is 193. The molecule has 1 heteroatoms. The molecule has 0 radical (unpaired) electrons. The van der Waals surface area contributed by atoms with Crippen LogP contribution in [0.25, 0.3) is 0 Å². The Balaban J connectivity index is 1.37. The second-order valence-corrected chi connectivity index (χ2v) is 5.98. The van der Waals surface area contributed by atoms with Gasteiger partial charge in [-0.1, -0.05) is 6.42 Å². The van der Waals surface area contributed by atoms with Gasteiger partial charge in [0.25, 0.3) is 0 Å². The highest BCUT2D eigenvalue weighted by Gasteiger charge is 2.44. The van der Waals surface area contributed by atoms with E-state index in [1.807, 2.05) is 0 Å². The minimum absolute atomic E-state index is 0.870. The molecule has 14 heavy (non-hydrogen) atoms. The lowest BCUT2D eigenvalue weighted by atomic mass is 9.82. The highest BCUT2D eigenvalue weighted by Crippen LogP contribution is 2.56. The van der Waals surface area contributed by atoms with Gasteiger partial charge in [0.1, 0.15) is 0 Å². The topological polar surface area (TPSA) is 12.0 Å². The number of nitrogens with one attached hydrogen (secondary N) is 1. The summed E-state index contributed by atoms with van der Waals surface area (Å²) in [5.41, 5.74) is 0.870. The van der Waals surface area contributed by atoms with Crippen molar-refractivity contribution in [3.63, 3.8) is 0 Å². The Labute approximate surface area is 87.7 Å². The molecule has 1 N–H and O–H groups in total. The number of hydrogen-bond donors (Lipinski definition) is 1. The third-order valence-electron chi connectivity index (χ3n) is 4.92. The van der Waals surface area contributed by atoms with Crippen LogP contribution < -0.4 is 5.32 Å². The summed E-state index contributed by atoms with van der Waals surface area (Å²) < 4.78 is 0. The first-order valence-corrected chi connectivity index (χ1v) is 6.60. The van der Waals surface area contributed by atoms with E-state index < -0.39 is 0 Å². The number of rotatable bonds is 3. The Morgan fingerprint density at radius 1 is 0.929 bits per heavy atom. The lowest BCUT2D eigenvalue weighted by Crippen LogP contribution is -2.38. The van der Waals surface area contributed by atoms with Crippen molar-refractivity contribution in [2.75, 3.05) is 6.54 Å². The molecular weight excluding hydrogens is 170 g/mol. The van der Waals surface area contributed by atoms with Crippen LogP contribution in [0.2, 0.25) is 0 Å². The van der Waals surface area contributed by atoms with Crippen LogP contribution in [0.1, 0.15) is 57.8 Å². The Morgan fingerprint density at radius 3 is 2.14 bits per heavy atom. The maximum atomic E-state index is 3.79. The van der Waals surface area contributed by atoms with Crippen LogP contribution in [0.3, 0.4) is 0 Å². The zero-order chi connectivity index (χ0) is 9.43. The van der Waals surface area contributed by atoms with Gasteiger partial charge in [-0.15, -0.1) is 0 Å². The summed E-state index contributed by atoms with van der Waals surface area (Å²) in [4.78, 5) is 0. The molecule has 1 nitrogen and oxygen atoms in total. The van der Waals surface area contributed by atoms with E-state index in [2.05, 4.69) is 5.32 Å². The molecule has 3 rings (SSSR count). The molecule has 3 fully saturated rings. The van der Waals surface area contributed by atoms with E-state index in [1.54, 1.807) is 12.8 Å². The van der Waals surface area contributed by atoms with Gasteiger partial charge in [-0.25, -0.2) is 0 Å². The van der Waals surface area contributed by atoms with Crippen LogP contribution in [0.5, 0.6) is 0 Å². The van der Waals surface area contributed by atoms with Crippen LogP contribution in [0.15, 0.2) is 0 Å². The predicted molar refractivity (Wildman–Crippen MR) is 59.3 cm³/mol. The maximum absolute atomic E-state index is 3.79. The molecule has 1 spiro atoms. The van der Waals surface area contributed by atoms with Gasteiger partial charge in [-0.05, 0) is 69.2 Å². The van der Waals surface area contributed by atoms with E-state index >= 15 is 0 Å². The molecule has 3 aliphatic rings. The predicted octanol–water partition coefficient (Wildman–Crippen LogP) is 3.10. The smallest absolute Gasteiger partial charge is 0.00675 e. The lowest BCUT2D eigenvalue weighted by Gasteiger charge is -2.32. The summed E-state index contributed by atoms with van der Waals surface area (Å²) >= 11 is 0. The van der Waals surface area contributed by atoms with Crippen molar-refractivity contribution in [1.82, 2.24) is 5.32 Å². The lowest BCUT2D eigenvalue weighted by molar-refractivity contribution is 0.238. The molecule has 0 aromatic rings. The second-order valence-electron chi connectivity index (χ2n) is 5.98. The van der Waals surface area contributed by atoms with Crippen molar-refractivity contribution in [3.8, 4) is 0 Å². The van der Waals surface area contributed by atoms with Crippen molar-refractivity contribution in [1.29, 1.82) is 0 Å². The molecular formula is C13H23N. The third-order valence-corrected chi connectivity index (χ3v) is 4.92. The van der Waals surface area contributed by atoms with E-state index in [1.165, 1.54) is 51.5 Å². The summed E-state index contributed by atoms with van der Waals surface area (Å²) in [6.45, 7) is 1.32. The minimum atomic E-state index is 0.870. The van der Waals surface area contributed by atoms with Crippen molar-refractivity contribution in [3.05, 3.63) is 0 Å². The SMILES string of the molecule is C1CC(CNC2CCC3(CC2)CC3)C1. The number of hydrogen-bond acceptors (Lipinski definition) is 1. The van der Waals surface area contributed by atoms with E-state index in [-0.39, 0.29) is 0 Å².